The molecule has 1 amide bonds. The number of aromatic nitrogens is 2. The summed E-state index contributed by atoms with van der Waals surface area (Å²) in [4.78, 5) is 25.4. The fourth-order valence-electron chi connectivity index (χ4n) is 6.63. The Morgan fingerprint density at radius 3 is 2.24 bits per heavy atom. The van der Waals surface area contributed by atoms with Crippen LogP contribution in [0.25, 0.3) is 11.3 Å². The molecule has 2 aliphatic rings. The standard InChI is InChI=1S/C36H40N4O4S/c1-23-10-8-11-24(2)33(23)31-19-32-38-35(37-31)39-45(42,43)30-15-9-14-28(18-30)34(41)40(29(22-44-32)20-36(3,4)5)21-25-16-26-12-6-7-13-27(26)17-25/h6-15,18-19,25,29H,16-17,20-22H2,1-5H3,(H,37,38,39)/t29-/m1/s1. The Bertz CT molecular complexity index is 1820. The third-order valence-corrected chi connectivity index (χ3v) is 9.95. The molecule has 0 unspecified atom stereocenters. The van der Waals surface area contributed by atoms with Crippen molar-refractivity contribution in [3.05, 3.63) is 101 Å². The second kappa shape index (κ2) is 11.9. The Hall–Kier alpha value is -4.24. The number of sulfonamides is 1. The molecule has 0 saturated carbocycles. The molecule has 0 radical (unpaired) electrons. The number of rotatable bonds is 4. The molecule has 4 bridgehead atoms. The Labute approximate surface area is 265 Å². The highest BCUT2D eigenvalue weighted by atomic mass is 32.2. The number of nitrogens with one attached hydrogen (secondary N) is 1. The van der Waals surface area contributed by atoms with E-state index in [1.807, 2.05) is 36.9 Å². The molecular formula is C36H40N4O4S. The average Bonchev–Trinajstić information content (AvgIpc) is 3.39. The van der Waals surface area contributed by atoms with Gasteiger partial charge in [-0.15, -0.1) is 0 Å². The summed E-state index contributed by atoms with van der Waals surface area (Å²) in [5, 5.41) is 0. The van der Waals surface area contributed by atoms with Gasteiger partial charge in [0, 0.05) is 23.7 Å². The van der Waals surface area contributed by atoms with Crippen molar-refractivity contribution in [3.63, 3.8) is 0 Å². The Morgan fingerprint density at radius 2 is 1.58 bits per heavy atom. The van der Waals surface area contributed by atoms with Crippen LogP contribution in [-0.2, 0) is 22.9 Å². The molecule has 3 aromatic carbocycles. The number of benzene rings is 3. The Balaban J connectivity index is 1.46. The molecule has 8 nitrogen and oxygen atoms in total. The van der Waals surface area contributed by atoms with E-state index >= 15 is 0 Å². The maximum absolute atomic E-state index is 14.4. The lowest BCUT2D eigenvalue weighted by atomic mass is 9.87. The fourth-order valence-corrected chi connectivity index (χ4v) is 7.62. The molecule has 1 atom stereocenters. The lowest BCUT2D eigenvalue weighted by Gasteiger charge is -2.37. The molecule has 1 aliphatic carbocycles. The van der Waals surface area contributed by atoms with Crippen molar-refractivity contribution in [2.75, 3.05) is 17.9 Å². The van der Waals surface area contributed by atoms with Crippen LogP contribution in [0.15, 0.2) is 77.7 Å². The highest BCUT2D eigenvalue weighted by Gasteiger charge is 2.34. The van der Waals surface area contributed by atoms with Gasteiger partial charge in [0.15, 0.2) is 0 Å². The number of carbonyl (C=O) groups is 1. The van der Waals surface area contributed by atoms with Crippen LogP contribution in [0, 0.1) is 25.2 Å². The molecule has 2 heterocycles. The van der Waals surface area contributed by atoms with Gasteiger partial charge in [-0.25, -0.2) is 18.1 Å². The van der Waals surface area contributed by atoms with Crippen LogP contribution in [0.4, 0.5) is 5.95 Å². The highest BCUT2D eigenvalue weighted by molar-refractivity contribution is 7.92. The molecule has 6 rings (SSSR count). The maximum Gasteiger partial charge on any atom is 0.264 e. The molecule has 0 spiro atoms. The number of carbonyl (C=O) groups excluding carboxylic acids is 1. The SMILES string of the molecule is Cc1cccc(C)c1-c1cc2nc(n1)NS(=O)(=O)c1cccc(c1)C(=O)N(CC1Cc3ccccc3C1)[C@H](CC(C)(C)C)CO2. The average molecular weight is 625 g/mol. The monoisotopic (exact) mass is 624 g/mol. The third-order valence-electron chi connectivity index (χ3n) is 8.62. The molecular weight excluding hydrogens is 584 g/mol. The molecule has 1 N–H and O–H groups in total. The van der Waals surface area contributed by atoms with Gasteiger partial charge in [0.25, 0.3) is 15.9 Å². The molecule has 45 heavy (non-hydrogen) atoms. The van der Waals surface area contributed by atoms with Crippen LogP contribution in [0.2, 0.25) is 0 Å². The van der Waals surface area contributed by atoms with E-state index in [1.54, 1.807) is 18.2 Å². The summed E-state index contributed by atoms with van der Waals surface area (Å²) >= 11 is 0. The van der Waals surface area contributed by atoms with Crippen LogP contribution in [0.1, 0.15) is 59.8 Å². The van der Waals surface area contributed by atoms with Crippen molar-refractivity contribution >= 4 is 21.9 Å². The van der Waals surface area contributed by atoms with Gasteiger partial charge in [0.2, 0.25) is 11.8 Å². The molecule has 1 aromatic heterocycles. The quantitative estimate of drug-likeness (QED) is 0.274. The second-order valence-electron chi connectivity index (χ2n) is 13.5. The van der Waals surface area contributed by atoms with Gasteiger partial charge in [-0.05, 0) is 84.9 Å². The van der Waals surface area contributed by atoms with Crippen molar-refractivity contribution in [1.82, 2.24) is 14.9 Å². The van der Waals surface area contributed by atoms with E-state index in [0.29, 0.717) is 24.2 Å². The first-order valence-electron chi connectivity index (χ1n) is 15.5. The number of aryl methyl sites for hydroxylation is 2. The molecule has 4 aromatic rings. The molecule has 234 valence electrons. The van der Waals surface area contributed by atoms with Crippen LogP contribution < -0.4 is 9.46 Å². The number of ether oxygens (including phenoxy) is 1. The highest BCUT2D eigenvalue weighted by Crippen LogP contribution is 2.33. The van der Waals surface area contributed by atoms with Gasteiger partial charge >= 0.3 is 0 Å². The largest absolute Gasteiger partial charge is 0.475 e. The van der Waals surface area contributed by atoms with E-state index in [1.165, 1.54) is 23.3 Å². The van der Waals surface area contributed by atoms with E-state index in [4.69, 9.17) is 4.74 Å². The Kier molecular flexibility index (Phi) is 8.16. The van der Waals surface area contributed by atoms with Crippen molar-refractivity contribution in [1.29, 1.82) is 0 Å². The number of fused-ring (bicyclic) bond motifs is 5. The minimum atomic E-state index is -4.12. The molecule has 9 heteroatoms. The maximum atomic E-state index is 14.4. The second-order valence-corrected chi connectivity index (χ2v) is 15.2. The van der Waals surface area contributed by atoms with E-state index in [9.17, 15) is 13.2 Å². The summed E-state index contributed by atoms with van der Waals surface area (Å²) in [6, 6.07) is 22.1. The van der Waals surface area contributed by atoms with Crippen LogP contribution in [-0.4, -0.2) is 48.4 Å². The summed E-state index contributed by atoms with van der Waals surface area (Å²) in [7, 11) is -4.12. The lowest BCUT2D eigenvalue weighted by molar-refractivity contribution is 0.0491. The minimum Gasteiger partial charge on any atom is -0.475 e. The van der Waals surface area contributed by atoms with Gasteiger partial charge in [-0.2, -0.15) is 4.98 Å². The van der Waals surface area contributed by atoms with Gasteiger partial charge < -0.3 is 9.64 Å². The van der Waals surface area contributed by atoms with E-state index in [-0.39, 0.29) is 46.6 Å². The molecule has 0 fully saturated rings. The van der Waals surface area contributed by atoms with Gasteiger partial charge in [0.1, 0.15) is 6.61 Å². The normalized spacial score (nSPS) is 18.2. The fraction of sp³-hybridized carbons (Fsp3) is 0.361. The first kappa shape index (κ1) is 30.8. The van der Waals surface area contributed by atoms with Crippen LogP contribution in [0.5, 0.6) is 5.88 Å². The number of anilines is 1. The first-order valence-corrected chi connectivity index (χ1v) is 16.9. The number of hydrogen-bond acceptors (Lipinski definition) is 6. The molecule has 1 aliphatic heterocycles. The Morgan fingerprint density at radius 1 is 0.911 bits per heavy atom. The zero-order valence-electron chi connectivity index (χ0n) is 26.5. The lowest BCUT2D eigenvalue weighted by Crippen LogP contribution is -2.48. The predicted octanol–water partition coefficient (Wildman–Crippen LogP) is 6.62. The minimum absolute atomic E-state index is 0.0308. The van der Waals surface area contributed by atoms with Crippen molar-refractivity contribution in [2.24, 2.45) is 11.3 Å². The predicted molar refractivity (Wildman–Crippen MR) is 176 cm³/mol. The smallest absolute Gasteiger partial charge is 0.264 e. The zero-order chi connectivity index (χ0) is 31.9. The van der Waals surface area contributed by atoms with Crippen LogP contribution >= 0.6 is 0 Å². The topological polar surface area (TPSA) is 101 Å². The van der Waals surface area contributed by atoms with Gasteiger partial charge in [0.05, 0.1) is 16.6 Å². The van der Waals surface area contributed by atoms with Gasteiger partial charge in [-0.1, -0.05) is 69.3 Å². The summed E-state index contributed by atoms with van der Waals surface area (Å²) < 4.78 is 36.2. The van der Waals surface area contributed by atoms with Crippen LogP contribution in [0.3, 0.4) is 0 Å². The van der Waals surface area contributed by atoms with E-state index in [0.717, 1.165) is 29.5 Å². The molecule has 0 saturated heterocycles. The number of nitrogens with zero attached hydrogens (tertiary/aromatic N) is 3. The van der Waals surface area contributed by atoms with Crippen molar-refractivity contribution in [3.8, 4) is 17.1 Å². The third kappa shape index (κ3) is 6.73. The summed E-state index contributed by atoms with van der Waals surface area (Å²) in [6.07, 6.45) is 2.45. The van der Waals surface area contributed by atoms with Crippen molar-refractivity contribution in [2.45, 2.75) is 64.8 Å². The van der Waals surface area contributed by atoms with E-state index < -0.39 is 10.0 Å². The van der Waals surface area contributed by atoms with Gasteiger partial charge in [-0.3, -0.25) is 4.79 Å². The van der Waals surface area contributed by atoms with E-state index in [2.05, 4.69) is 59.7 Å². The van der Waals surface area contributed by atoms with Crippen molar-refractivity contribution < 1.29 is 17.9 Å². The zero-order valence-corrected chi connectivity index (χ0v) is 27.3. The first-order chi connectivity index (χ1) is 21.4. The summed E-state index contributed by atoms with van der Waals surface area (Å²) in [6.45, 7) is 11.2. The number of amides is 1. The summed E-state index contributed by atoms with van der Waals surface area (Å²) in [5.74, 6) is 0.174. The number of hydrogen-bond donors (Lipinski definition) is 1. The summed E-state index contributed by atoms with van der Waals surface area (Å²) in [5.41, 5.74) is 6.27.